The molecule has 1 fully saturated rings. The van der Waals surface area contributed by atoms with Crippen LogP contribution in [0.25, 0.3) is 0 Å². The Hall–Kier alpha value is -1.29. The molecule has 1 heterocycles. The van der Waals surface area contributed by atoms with Crippen molar-refractivity contribution < 1.29 is 13.9 Å². The van der Waals surface area contributed by atoms with Crippen molar-refractivity contribution >= 4 is 5.97 Å². The molecule has 3 unspecified atom stereocenters. The first-order valence-electron chi connectivity index (χ1n) is 7.01. The number of esters is 1. The summed E-state index contributed by atoms with van der Waals surface area (Å²) in [5.41, 5.74) is 0.872. The fraction of sp³-hybridized carbons (Fsp3) is 0.667. The summed E-state index contributed by atoms with van der Waals surface area (Å²) in [7, 11) is 1.37. The van der Waals surface area contributed by atoms with Crippen molar-refractivity contribution in [2.75, 3.05) is 7.11 Å². The second-order valence-corrected chi connectivity index (χ2v) is 5.52. The summed E-state index contributed by atoms with van der Waals surface area (Å²) in [6.45, 7) is 5.27. The summed E-state index contributed by atoms with van der Waals surface area (Å²) in [5.74, 6) is 1.33. The molecule has 1 aliphatic carbocycles. The molecule has 4 nitrogen and oxygen atoms in total. The zero-order valence-electron chi connectivity index (χ0n) is 11.9. The van der Waals surface area contributed by atoms with Gasteiger partial charge >= 0.3 is 5.97 Å². The van der Waals surface area contributed by atoms with Gasteiger partial charge in [-0.3, -0.25) is 0 Å². The highest BCUT2D eigenvalue weighted by molar-refractivity contribution is 5.87. The third kappa shape index (κ3) is 3.18. The van der Waals surface area contributed by atoms with Crippen LogP contribution in [0, 0.1) is 11.8 Å². The van der Waals surface area contributed by atoms with E-state index >= 15 is 0 Å². The summed E-state index contributed by atoms with van der Waals surface area (Å²) in [6, 6.07) is 2.35. The van der Waals surface area contributed by atoms with E-state index in [-0.39, 0.29) is 0 Å². The summed E-state index contributed by atoms with van der Waals surface area (Å²) < 4.78 is 9.90. The quantitative estimate of drug-likeness (QED) is 0.850. The van der Waals surface area contributed by atoms with E-state index in [1.54, 1.807) is 0 Å². The van der Waals surface area contributed by atoms with Gasteiger partial charge in [-0.15, -0.1) is 0 Å². The lowest BCUT2D eigenvalue weighted by Crippen LogP contribution is -2.40. The number of methoxy groups -OCH3 is 1. The van der Waals surface area contributed by atoms with E-state index in [1.807, 2.05) is 6.07 Å². The number of ether oxygens (including phenoxy) is 1. The lowest BCUT2D eigenvalue weighted by atomic mass is 9.78. The monoisotopic (exact) mass is 265 g/mol. The van der Waals surface area contributed by atoms with Crippen LogP contribution in [0.3, 0.4) is 0 Å². The van der Waals surface area contributed by atoms with Crippen molar-refractivity contribution in [3.8, 4) is 0 Å². The lowest BCUT2D eigenvalue weighted by molar-refractivity contribution is 0.0563. The first kappa shape index (κ1) is 14.1. The maximum atomic E-state index is 11.5. The van der Waals surface area contributed by atoms with E-state index in [0.717, 1.165) is 11.5 Å². The molecule has 0 aromatic carbocycles. The van der Waals surface area contributed by atoms with Crippen LogP contribution in [0.4, 0.5) is 0 Å². The Morgan fingerprint density at radius 1 is 1.47 bits per heavy atom. The van der Waals surface area contributed by atoms with E-state index in [2.05, 4.69) is 19.2 Å². The predicted octanol–water partition coefficient (Wildman–Crippen LogP) is 2.98. The zero-order valence-corrected chi connectivity index (χ0v) is 11.9. The SMILES string of the molecule is COC(=O)c1occc1CNC1CCCC(C)C1C. The van der Waals surface area contributed by atoms with E-state index in [1.165, 1.54) is 32.6 Å². The molecule has 1 aromatic rings. The Kier molecular flexibility index (Phi) is 4.64. The molecule has 0 amide bonds. The topological polar surface area (TPSA) is 51.5 Å². The first-order valence-corrected chi connectivity index (χ1v) is 7.01. The van der Waals surface area contributed by atoms with Gasteiger partial charge in [0.2, 0.25) is 5.76 Å². The Bertz CT molecular complexity index is 427. The van der Waals surface area contributed by atoms with Gasteiger partial charge < -0.3 is 14.5 Å². The minimum absolute atomic E-state index is 0.312. The average Bonchev–Trinajstić information content (AvgIpc) is 2.88. The van der Waals surface area contributed by atoms with Gasteiger partial charge in [0.15, 0.2) is 0 Å². The number of hydrogen-bond donors (Lipinski definition) is 1. The van der Waals surface area contributed by atoms with Crippen molar-refractivity contribution in [3.05, 3.63) is 23.7 Å². The molecule has 0 bridgehead atoms. The average molecular weight is 265 g/mol. The molecule has 3 atom stereocenters. The van der Waals surface area contributed by atoms with Gasteiger partial charge in [0.25, 0.3) is 0 Å². The van der Waals surface area contributed by atoms with Gasteiger partial charge in [-0.2, -0.15) is 0 Å². The Morgan fingerprint density at radius 2 is 2.26 bits per heavy atom. The van der Waals surface area contributed by atoms with Crippen molar-refractivity contribution in [3.63, 3.8) is 0 Å². The largest absolute Gasteiger partial charge is 0.463 e. The van der Waals surface area contributed by atoms with Crippen molar-refractivity contribution in [1.29, 1.82) is 0 Å². The van der Waals surface area contributed by atoms with Crippen molar-refractivity contribution in [2.45, 2.75) is 45.7 Å². The number of carbonyl (C=O) groups excluding carboxylic acids is 1. The molecule has 1 N–H and O–H groups in total. The van der Waals surface area contributed by atoms with Gasteiger partial charge in [-0.25, -0.2) is 4.79 Å². The number of carbonyl (C=O) groups is 1. The van der Waals surface area contributed by atoms with Gasteiger partial charge in [0.05, 0.1) is 13.4 Å². The zero-order chi connectivity index (χ0) is 13.8. The third-order valence-electron chi connectivity index (χ3n) is 4.38. The van der Waals surface area contributed by atoms with E-state index in [4.69, 9.17) is 9.15 Å². The fourth-order valence-corrected chi connectivity index (χ4v) is 2.86. The van der Waals surface area contributed by atoms with Crippen LogP contribution in [0.15, 0.2) is 16.7 Å². The molecule has 4 heteroatoms. The molecule has 1 aliphatic rings. The molecular weight excluding hydrogens is 242 g/mol. The molecular formula is C15H23NO3. The maximum absolute atomic E-state index is 11.5. The van der Waals surface area contributed by atoms with E-state index < -0.39 is 5.97 Å². The van der Waals surface area contributed by atoms with Crippen LogP contribution >= 0.6 is 0 Å². The number of rotatable bonds is 4. The molecule has 0 spiro atoms. The standard InChI is InChI=1S/C15H23NO3/c1-10-5-4-6-13(11(10)2)16-9-12-7-8-19-14(12)15(17)18-3/h7-8,10-11,13,16H,4-6,9H2,1-3H3. The van der Waals surface area contributed by atoms with Crippen LogP contribution in [0.1, 0.15) is 49.2 Å². The number of hydrogen-bond acceptors (Lipinski definition) is 4. The maximum Gasteiger partial charge on any atom is 0.374 e. The molecule has 19 heavy (non-hydrogen) atoms. The first-order chi connectivity index (χ1) is 9.13. The highest BCUT2D eigenvalue weighted by Crippen LogP contribution is 2.29. The molecule has 1 saturated carbocycles. The Morgan fingerprint density at radius 3 is 3.00 bits per heavy atom. The fourth-order valence-electron chi connectivity index (χ4n) is 2.86. The van der Waals surface area contributed by atoms with Gasteiger partial charge in [0, 0.05) is 18.2 Å². The Labute approximate surface area is 114 Å². The summed E-state index contributed by atoms with van der Waals surface area (Å²) in [5, 5.41) is 3.56. The second-order valence-electron chi connectivity index (χ2n) is 5.52. The molecule has 2 rings (SSSR count). The lowest BCUT2D eigenvalue weighted by Gasteiger charge is -2.34. The van der Waals surface area contributed by atoms with Crippen LogP contribution in [0.5, 0.6) is 0 Å². The van der Waals surface area contributed by atoms with Crippen LogP contribution in [0.2, 0.25) is 0 Å². The molecule has 0 radical (unpaired) electrons. The van der Waals surface area contributed by atoms with E-state index in [0.29, 0.717) is 24.3 Å². The molecule has 1 aromatic heterocycles. The van der Waals surface area contributed by atoms with Gasteiger partial charge in [-0.1, -0.05) is 26.7 Å². The van der Waals surface area contributed by atoms with Crippen molar-refractivity contribution in [1.82, 2.24) is 5.32 Å². The normalized spacial score (nSPS) is 27.2. The number of furan rings is 1. The summed E-state index contributed by atoms with van der Waals surface area (Å²) >= 11 is 0. The van der Waals surface area contributed by atoms with Crippen LogP contribution in [-0.2, 0) is 11.3 Å². The smallest absolute Gasteiger partial charge is 0.374 e. The van der Waals surface area contributed by atoms with E-state index in [9.17, 15) is 4.79 Å². The third-order valence-corrected chi connectivity index (χ3v) is 4.38. The predicted molar refractivity (Wildman–Crippen MR) is 72.9 cm³/mol. The minimum Gasteiger partial charge on any atom is -0.463 e. The van der Waals surface area contributed by atoms with Crippen LogP contribution < -0.4 is 5.32 Å². The van der Waals surface area contributed by atoms with Gasteiger partial charge in [-0.05, 0) is 24.3 Å². The van der Waals surface area contributed by atoms with Crippen LogP contribution in [-0.4, -0.2) is 19.1 Å². The summed E-state index contributed by atoms with van der Waals surface area (Å²) in [4.78, 5) is 11.5. The molecule has 0 aliphatic heterocycles. The number of nitrogens with one attached hydrogen (secondary N) is 1. The highest BCUT2D eigenvalue weighted by atomic mass is 16.5. The Balaban J connectivity index is 1.95. The highest BCUT2D eigenvalue weighted by Gasteiger charge is 2.27. The molecule has 106 valence electrons. The minimum atomic E-state index is -0.410. The summed E-state index contributed by atoms with van der Waals surface area (Å²) in [6.07, 6.45) is 5.34. The van der Waals surface area contributed by atoms with Gasteiger partial charge in [0.1, 0.15) is 0 Å². The second kappa shape index (κ2) is 6.24. The van der Waals surface area contributed by atoms with Crippen molar-refractivity contribution in [2.24, 2.45) is 11.8 Å². The molecule has 0 saturated heterocycles.